The van der Waals surface area contributed by atoms with E-state index < -0.39 is 11.7 Å². The molecule has 0 aliphatic carbocycles. The highest BCUT2D eigenvalue weighted by atomic mass is 79.9. The lowest BCUT2D eigenvalue weighted by atomic mass is 9.94. The Balaban J connectivity index is 2.12. The minimum absolute atomic E-state index is 0.320. The predicted molar refractivity (Wildman–Crippen MR) is 103 cm³/mol. The maximum Gasteiger partial charge on any atom is 0.416 e. The van der Waals surface area contributed by atoms with Crippen LogP contribution < -0.4 is 10.1 Å². The second-order valence-corrected chi connectivity index (χ2v) is 7.47. The van der Waals surface area contributed by atoms with Gasteiger partial charge in [0.25, 0.3) is 0 Å². The summed E-state index contributed by atoms with van der Waals surface area (Å²) < 4.78 is 46.3. The Morgan fingerprint density at radius 3 is 2.67 bits per heavy atom. The Hall–Kier alpha value is -1.57. The van der Waals surface area contributed by atoms with Crippen molar-refractivity contribution < 1.29 is 17.9 Å². The van der Waals surface area contributed by atoms with Gasteiger partial charge >= 0.3 is 6.18 Å². The Kier molecular flexibility index (Phi) is 6.44. The number of halogens is 4. The van der Waals surface area contributed by atoms with Crippen LogP contribution in [0.3, 0.4) is 0 Å². The Morgan fingerprint density at radius 1 is 1.11 bits per heavy atom. The van der Waals surface area contributed by atoms with Gasteiger partial charge in [0.15, 0.2) is 0 Å². The third-order valence-electron chi connectivity index (χ3n) is 4.76. The zero-order chi connectivity index (χ0) is 19.4. The molecule has 3 rings (SSSR count). The minimum Gasteiger partial charge on any atom is -0.496 e. The van der Waals surface area contributed by atoms with Gasteiger partial charge in [-0.25, -0.2) is 0 Å². The summed E-state index contributed by atoms with van der Waals surface area (Å²) in [5.74, 6) is 0.665. The van der Waals surface area contributed by atoms with Crippen molar-refractivity contribution in [2.24, 2.45) is 0 Å². The quantitative estimate of drug-likeness (QED) is 0.731. The van der Waals surface area contributed by atoms with Crippen molar-refractivity contribution in [2.45, 2.75) is 18.6 Å². The van der Waals surface area contributed by atoms with Crippen LogP contribution in [0.5, 0.6) is 5.75 Å². The summed E-state index contributed by atoms with van der Waals surface area (Å²) in [6, 6.07) is 10.9. The molecule has 0 bridgehead atoms. The van der Waals surface area contributed by atoms with Crippen LogP contribution in [0.2, 0.25) is 0 Å². The highest BCUT2D eigenvalue weighted by molar-refractivity contribution is 9.10. The van der Waals surface area contributed by atoms with Crippen molar-refractivity contribution in [3.8, 4) is 5.75 Å². The van der Waals surface area contributed by atoms with Crippen LogP contribution in [0.1, 0.15) is 29.2 Å². The Morgan fingerprint density at radius 2 is 1.93 bits per heavy atom. The standard InChI is InChI=1S/C20H22BrF3N2O/c1-27-18-7-6-16(21)13-17(18)19(26-10-3-8-25-9-11-26)14-4-2-5-15(12-14)20(22,23)24/h2,4-7,12-13,19,25H,3,8-11H2,1H3. The molecular formula is C20H22BrF3N2O. The van der Waals surface area contributed by atoms with E-state index in [4.69, 9.17) is 4.74 Å². The lowest BCUT2D eigenvalue weighted by Gasteiger charge is -2.32. The SMILES string of the molecule is COc1ccc(Br)cc1C(c1cccc(C(F)(F)F)c1)N1CCCNCC1. The van der Waals surface area contributed by atoms with Gasteiger partial charge in [-0.1, -0.05) is 28.1 Å². The van der Waals surface area contributed by atoms with Crippen LogP contribution in [0.4, 0.5) is 13.2 Å². The molecule has 1 fully saturated rings. The summed E-state index contributed by atoms with van der Waals surface area (Å²) in [6.07, 6.45) is -3.44. The summed E-state index contributed by atoms with van der Waals surface area (Å²) in [5, 5.41) is 3.35. The van der Waals surface area contributed by atoms with Gasteiger partial charge in [0.05, 0.1) is 18.7 Å². The molecule has 0 amide bonds. The highest BCUT2D eigenvalue weighted by Crippen LogP contribution is 2.39. The number of nitrogens with zero attached hydrogens (tertiary/aromatic N) is 1. The fourth-order valence-corrected chi connectivity index (χ4v) is 3.89. The average molecular weight is 443 g/mol. The number of hydrogen-bond acceptors (Lipinski definition) is 3. The summed E-state index contributed by atoms with van der Waals surface area (Å²) in [4.78, 5) is 2.22. The molecular weight excluding hydrogens is 421 g/mol. The average Bonchev–Trinajstić information content (AvgIpc) is 2.91. The number of alkyl halides is 3. The second-order valence-electron chi connectivity index (χ2n) is 6.55. The van der Waals surface area contributed by atoms with Gasteiger partial charge < -0.3 is 10.1 Å². The molecule has 0 aromatic heterocycles. The number of methoxy groups -OCH3 is 1. The number of benzene rings is 2. The molecule has 3 nitrogen and oxygen atoms in total. The fraction of sp³-hybridized carbons (Fsp3) is 0.400. The molecule has 7 heteroatoms. The van der Waals surface area contributed by atoms with E-state index in [-0.39, 0.29) is 6.04 Å². The second kappa shape index (κ2) is 8.63. The topological polar surface area (TPSA) is 24.5 Å². The first-order valence-electron chi connectivity index (χ1n) is 8.85. The minimum atomic E-state index is -4.37. The van der Waals surface area contributed by atoms with E-state index in [0.717, 1.165) is 48.7 Å². The van der Waals surface area contributed by atoms with Crippen LogP contribution in [0.25, 0.3) is 0 Å². The van der Waals surface area contributed by atoms with E-state index in [1.54, 1.807) is 13.2 Å². The van der Waals surface area contributed by atoms with Crippen molar-refractivity contribution >= 4 is 15.9 Å². The van der Waals surface area contributed by atoms with Crippen LogP contribution in [-0.4, -0.2) is 38.2 Å². The Bertz CT molecular complexity index is 774. The van der Waals surface area contributed by atoms with E-state index in [1.165, 1.54) is 12.1 Å². The van der Waals surface area contributed by atoms with Crippen molar-refractivity contribution in [3.05, 3.63) is 63.6 Å². The summed E-state index contributed by atoms with van der Waals surface area (Å²) in [6.45, 7) is 3.24. The molecule has 1 N–H and O–H groups in total. The molecule has 0 spiro atoms. The van der Waals surface area contributed by atoms with Gasteiger partial charge in [-0.3, -0.25) is 4.90 Å². The summed E-state index contributed by atoms with van der Waals surface area (Å²) in [5.41, 5.74) is 0.836. The molecule has 1 aliphatic heterocycles. The highest BCUT2D eigenvalue weighted by Gasteiger charge is 2.33. The summed E-state index contributed by atoms with van der Waals surface area (Å²) in [7, 11) is 1.58. The monoisotopic (exact) mass is 442 g/mol. The molecule has 1 aliphatic rings. The number of nitrogens with one attached hydrogen (secondary N) is 1. The number of rotatable bonds is 4. The lowest BCUT2D eigenvalue weighted by molar-refractivity contribution is -0.137. The third-order valence-corrected chi connectivity index (χ3v) is 5.25. The Labute approximate surface area is 165 Å². The smallest absolute Gasteiger partial charge is 0.416 e. The van der Waals surface area contributed by atoms with Crippen LogP contribution in [0, 0.1) is 0 Å². The normalized spacial score (nSPS) is 17.4. The number of hydrogen-bond donors (Lipinski definition) is 1. The molecule has 1 heterocycles. The van der Waals surface area contributed by atoms with Gasteiger partial charge in [-0.2, -0.15) is 13.2 Å². The molecule has 1 saturated heterocycles. The van der Waals surface area contributed by atoms with E-state index in [9.17, 15) is 13.2 Å². The van der Waals surface area contributed by atoms with Crippen molar-refractivity contribution in [1.82, 2.24) is 10.2 Å². The van der Waals surface area contributed by atoms with Crippen molar-refractivity contribution in [2.75, 3.05) is 33.3 Å². The van der Waals surface area contributed by atoms with Crippen LogP contribution in [-0.2, 0) is 6.18 Å². The zero-order valence-electron chi connectivity index (χ0n) is 15.0. The van der Waals surface area contributed by atoms with Gasteiger partial charge in [-0.15, -0.1) is 0 Å². The first-order valence-corrected chi connectivity index (χ1v) is 9.65. The fourth-order valence-electron chi connectivity index (χ4n) is 3.52. The van der Waals surface area contributed by atoms with Gasteiger partial charge in [0, 0.05) is 29.7 Å². The molecule has 27 heavy (non-hydrogen) atoms. The first kappa shape index (κ1) is 20.2. The molecule has 2 aromatic rings. The third kappa shape index (κ3) is 4.83. The zero-order valence-corrected chi connectivity index (χ0v) is 16.6. The molecule has 2 aromatic carbocycles. The van der Waals surface area contributed by atoms with Crippen molar-refractivity contribution in [1.29, 1.82) is 0 Å². The molecule has 146 valence electrons. The van der Waals surface area contributed by atoms with E-state index in [1.807, 2.05) is 18.2 Å². The van der Waals surface area contributed by atoms with E-state index in [0.29, 0.717) is 11.3 Å². The van der Waals surface area contributed by atoms with Crippen molar-refractivity contribution in [3.63, 3.8) is 0 Å². The predicted octanol–water partition coefficient (Wildman–Crippen LogP) is 4.86. The van der Waals surface area contributed by atoms with Crippen LogP contribution >= 0.6 is 15.9 Å². The maximum atomic E-state index is 13.3. The number of ether oxygens (including phenoxy) is 1. The summed E-state index contributed by atoms with van der Waals surface area (Å²) >= 11 is 3.49. The lowest BCUT2D eigenvalue weighted by Crippen LogP contribution is -2.33. The van der Waals surface area contributed by atoms with Gasteiger partial charge in [-0.05, 0) is 48.9 Å². The largest absolute Gasteiger partial charge is 0.496 e. The van der Waals surface area contributed by atoms with Gasteiger partial charge in [0.1, 0.15) is 5.75 Å². The molecule has 1 atom stereocenters. The molecule has 0 saturated carbocycles. The maximum absolute atomic E-state index is 13.3. The molecule has 1 unspecified atom stereocenters. The van der Waals surface area contributed by atoms with E-state index in [2.05, 4.69) is 26.1 Å². The first-order chi connectivity index (χ1) is 12.9. The molecule has 0 radical (unpaired) electrons. The van der Waals surface area contributed by atoms with Gasteiger partial charge in [0.2, 0.25) is 0 Å². The van der Waals surface area contributed by atoms with E-state index >= 15 is 0 Å². The van der Waals surface area contributed by atoms with Crippen LogP contribution in [0.15, 0.2) is 46.9 Å².